The maximum atomic E-state index is 11.8. The number of aliphatic imine (C=N–C) groups is 1. The van der Waals surface area contributed by atoms with Crippen molar-refractivity contribution in [1.82, 2.24) is 5.32 Å². The lowest BCUT2D eigenvalue weighted by Gasteiger charge is -2.11. The van der Waals surface area contributed by atoms with Crippen LogP contribution in [0.2, 0.25) is 0 Å². The average Bonchev–Trinajstić information content (AvgIpc) is 2.71. The third kappa shape index (κ3) is 9.19. The second kappa shape index (κ2) is 13.3. The number of ether oxygens (including phenoxy) is 2. The van der Waals surface area contributed by atoms with Crippen molar-refractivity contribution in [3.8, 4) is 0 Å². The highest BCUT2D eigenvalue weighted by atomic mass is 16.5. The van der Waals surface area contributed by atoms with Crippen molar-refractivity contribution >= 4 is 12.6 Å². The maximum absolute atomic E-state index is 11.8. The SMILES string of the molecule is C=C/C(=C\N=C)CCNC(=O)COC/C(N)=C(\C)OCc1ccc(CC)cc1.[HH]. The summed E-state index contributed by atoms with van der Waals surface area (Å²) >= 11 is 0. The molecule has 0 heterocycles. The van der Waals surface area contributed by atoms with Crippen LogP contribution in [-0.4, -0.2) is 32.4 Å². The Morgan fingerprint density at radius 2 is 1.96 bits per heavy atom. The van der Waals surface area contributed by atoms with Gasteiger partial charge in [0.25, 0.3) is 0 Å². The van der Waals surface area contributed by atoms with E-state index in [4.69, 9.17) is 15.2 Å². The van der Waals surface area contributed by atoms with E-state index in [0.717, 1.165) is 17.6 Å². The zero-order valence-corrected chi connectivity index (χ0v) is 16.9. The minimum absolute atomic E-state index is 0. The molecule has 0 fully saturated rings. The molecule has 3 N–H and O–H groups in total. The Hall–Kier alpha value is -2.86. The first-order valence-corrected chi connectivity index (χ1v) is 9.27. The number of benzene rings is 1. The summed E-state index contributed by atoms with van der Waals surface area (Å²) in [4.78, 5) is 15.5. The van der Waals surface area contributed by atoms with Gasteiger partial charge in [0.1, 0.15) is 19.0 Å². The average molecular weight is 388 g/mol. The predicted molar refractivity (Wildman–Crippen MR) is 116 cm³/mol. The zero-order valence-electron chi connectivity index (χ0n) is 16.9. The molecule has 0 aromatic heterocycles. The van der Waals surface area contributed by atoms with Crippen LogP contribution in [0.4, 0.5) is 0 Å². The number of hydrogen-bond donors (Lipinski definition) is 2. The van der Waals surface area contributed by atoms with Gasteiger partial charge in [-0.1, -0.05) is 43.8 Å². The van der Waals surface area contributed by atoms with Crippen molar-refractivity contribution in [3.63, 3.8) is 0 Å². The number of rotatable bonds is 13. The standard InChI is InChI=1S/C22H31N3O3.H2/c1-5-18-7-9-20(10-8-18)14-28-17(3)21(23)15-27-16-22(26)25-12-11-19(6-2)13-24-4;/h6-10,13H,2,4-5,11-12,14-16,23H2,1,3H3,(H,25,26);1H/b19-13+,21-17-;. The molecule has 1 rings (SSSR count). The Morgan fingerprint density at radius 3 is 2.57 bits per heavy atom. The van der Waals surface area contributed by atoms with Crippen LogP contribution in [0.15, 0.2) is 65.1 Å². The molecule has 28 heavy (non-hydrogen) atoms. The van der Waals surface area contributed by atoms with Gasteiger partial charge >= 0.3 is 0 Å². The van der Waals surface area contributed by atoms with Gasteiger partial charge in [-0.3, -0.25) is 9.79 Å². The second-order valence-corrected chi connectivity index (χ2v) is 6.22. The zero-order chi connectivity index (χ0) is 20.8. The van der Waals surface area contributed by atoms with Crippen LogP contribution in [-0.2, 0) is 27.3 Å². The highest BCUT2D eigenvalue weighted by Gasteiger charge is 2.05. The van der Waals surface area contributed by atoms with Gasteiger partial charge in [0, 0.05) is 14.2 Å². The molecule has 6 nitrogen and oxygen atoms in total. The summed E-state index contributed by atoms with van der Waals surface area (Å²) in [5.41, 5.74) is 9.70. The normalized spacial score (nSPS) is 12.1. The van der Waals surface area contributed by atoms with E-state index in [1.165, 1.54) is 5.56 Å². The Morgan fingerprint density at radius 1 is 1.29 bits per heavy atom. The minimum atomic E-state index is -0.211. The van der Waals surface area contributed by atoms with Gasteiger partial charge in [-0.25, -0.2) is 0 Å². The number of carbonyl (C=O) groups is 1. The molecular weight excluding hydrogens is 354 g/mol. The minimum Gasteiger partial charge on any atom is -0.492 e. The molecule has 1 amide bonds. The van der Waals surface area contributed by atoms with Crippen molar-refractivity contribution in [2.75, 3.05) is 19.8 Å². The largest absolute Gasteiger partial charge is 0.492 e. The van der Waals surface area contributed by atoms with Crippen LogP contribution in [0.1, 0.15) is 32.8 Å². The lowest BCUT2D eigenvalue weighted by atomic mass is 10.1. The second-order valence-electron chi connectivity index (χ2n) is 6.22. The predicted octanol–water partition coefficient (Wildman–Crippen LogP) is 3.50. The van der Waals surface area contributed by atoms with E-state index in [1.54, 1.807) is 19.2 Å². The van der Waals surface area contributed by atoms with Gasteiger partial charge in [0.15, 0.2) is 0 Å². The molecule has 154 valence electrons. The lowest BCUT2D eigenvalue weighted by molar-refractivity contribution is -0.125. The van der Waals surface area contributed by atoms with E-state index in [-0.39, 0.29) is 20.5 Å². The Bertz CT molecular complexity index is 713. The number of nitrogens with one attached hydrogen (secondary N) is 1. The third-order valence-corrected chi connectivity index (χ3v) is 4.08. The van der Waals surface area contributed by atoms with Gasteiger partial charge in [-0.15, -0.1) is 0 Å². The van der Waals surface area contributed by atoms with Crippen molar-refractivity contribution in [2.24, 2.45) is 10.7 Å². The van der Waals surface area contributed by atoms with Crippen molar-refractivity contribution in [2.45, 2.75) is 33.3 Å². The number of carbonyl (C=O) groups excluding carboxylic acids is 1. The number of allylic oxidation sites excluding steroid dienone is 2. The molecule has 0 unspecified atom stereocenters. The summed E-state index contributed by atoms with van der Waals surface area (Å²) in [5, 5.41) is 2.76. The molecule has 0 aliphatic heterocycles. The maximum Gasteiger partial charge on any atom is 0.246 e. The van der Waals surface area contributed by atoms with Crippen LogP contribution in [0.3, 0.4) is 0 Å². The quantitative estimate of drug-likeness (QED) is 0.308. The van der Waals surface area contributed by atoms with E-state index in [0.29, 0.717) is 31.0 Å². The number of amides is 1. The first-order valence-electron chi connectivity index (χ1n) is 9.27. The summed E-state index contributed by atoms with van der Waals surface area (Å²) in [5.74, 6) is 0.384. The summed E-state index contributed by atoms with van der Waals surface area (Å²) in [7, 11) is 0. The molecular formula is C22H33N3O3. The molecule has 0 spiro atoms. The molecule has 1 aromatic carbocycles. The van der Waals surface area contributed by atoms with Gasteiger partial charge in [-0.2, -0.15) is 0 Å². The molecule has 0 atom stereocenters. The number of hydrogen-bond acceptors (Lipinski definition) is 5. The topological polar surface area (TPSA) is 85.9 Å². The monoisotopic (exact) mass is 387 g/mol. The number of nitrogens with two attached hydrogens (primary N) is 1. The van der Waals surface area contributed by atoms with Crippen LogP contribution >= 0.6 is 0 Å². The highest BCUT2D eigenvalue weighted by molar-refractivity contribution is 5.77. The summed E-state index contributed by atoms with van der Waals surface area (Å²) in [6.45, 7) is 12.0. The molecule has 0 aliphatic carbocycles. The Labute approximate surface area is 169 Å². The molecule has 0 radical (unpaired) electrons. The van der Waals surface area contributed by atoms with Gasteiger partial charge in [0.2, 0.25) is 5.91 Å². The fraction of sp³-hybridized carbons (Fsp3) is 0.364. The summed E-state index contributed by atoms with van der Waals surface area (Å²) in [6.07, 6.45) is 4.93. The van der Waals surface area contributed by atoms with E-state index in [9.17, 15) is 4.79 Å². The van der Waals surface area contributed by atoms with Crippen LogP contribution in [0.5, 0.6) is 0 Å². The van der Waals surface area contributed by atoms with Gasteiger partial charge in [0.05, 0.1) is 12.3 Å². The Kier molecular flexibility index (Phi) is 11.0. The molecule has 0 saturated carbocycles. The van der Waals surface area contributed by atoms with E-state index >= 15 is 0 Å². The van der Waals surface area contributed by atoms with Gasteiger partial charge < -0.3 is 20.5 Å². The highest BCUT2D eigenvalue weighted by Crippen LogP contribution is 2.10. The fourth-order valence-electron chi connectivity index (χ4n) is 2.24. The van der Waals surface area contributed by atoms with Crippen molar-refractivity contribution in [3.05, 3.63) is 71.3 Å². The Balaban J connectivity index is 0.00000784. The smallest absolute Gasteiger partial charge is 0.246 e. The van der Waals surface area contributed by atoms with E-state index in [1.807, 2.05) is 12.1 Å². The summed E-state index contributed by atoms with van der Waals surface area (Å²) < 4.78 is 11.0. The van der Waals surface area contributed by atoms with E-state index in [2.05, 4.69) is 42.7 Å². The van der Waals surface area contributed by atoms with Crippen molar-refractivity contribution < 1.29 is 15.7 Å². The molecule has 0 bridgehead atoms. The lowest BCUT2D eigenvalue weighted by Crippen LogP contribution is -2.29. The van der Waals surface area contributed by atoms with Gasteiger partial charge in [-0.05, 0) is 43.2 Å². The van der Waals surface area contributed by atoms with E-state index < -0.39 is 0 Å². The molecule has 0 aliphatic rings. The van der Waals surface area contributed by atoms with Crippen molar-refractivity contribution in [1.29, 1.82) is 0 Å². The number of nitrogens with zero attached hydrogens (tertiary/aromatic N) is 1. The first-order chi connectivity index (χ1) is 13.5. The fourth-order valence-corrected chi connectivity index (χ4v) is 2.24. The first kappa shape index (κ1) is 23.2. The van der Waals surface area contributed by atoms with Crippen LogP contribution < -0.4 is 11.1 Å². The number of aryl methyl sites for hydroxylation is 1. The molecule has 1 aromatic rings. The van der Waals surface area contributed by atoms with Crippen LogP contribution in [0.25, 0.3) is 0 Å². The molecule has 0 saturated heterocycles. The molecule has 6 heteroatoms. The van der Waals surface area contributed by atoms with Crippen LogP contribution in [0, 0.1) is 0 Å². The third-order valence-electron chi connectivity index (χ3n) is 4.08. The summed E-state index contributed by atoms with van der Waals surface area (Å²) in [6, 6.07) is 8.26.